The molecule has 5 nitrogen and oxygen atoms in total. The fourth-order valence-electron chi connectivity index (χ4n) is 3.08. The van der Waals surface area contributed by atoms with E-state index in [2.05, 4.69) is 26.2 Å². The number of rotatable bonds is 4. The molecule has 134 valence electrons. The second kappa shape index (κ2) is 7.32. The third-order valence-electron chi connectivity index (χ3n) is 4.38. The van der Waals surface area contributed by atoms with Crippen molar-refractivity contribution in [1.29, 1.82) is 0 Å². The monoisotopic (exact) mass is 422 g/mol. The molecule has 3 aromatic rings. The molecule has 6 heteroatoms. The smallest absolute Gasteiger partial charge is 0.257 e. The largest absolute Gasteiger partial charge is 0.438 e. The predicted octanol–water partition coefficient (Wildman–Crippen LogP) is 4.69. The van der Waals surface area contributed by atoms with E-state index >= 15 is 0 Å². The molecule has 27 heavy (non-hydrogen) atoms. The SMILES string of the molecule is O=C1C[C@H](NC(=O)c2cccnc2Oc2ccc(Br)cc2)c2ccccc21. The van der Waals surface area contributed by atoms with Crippen molar-refractivity contribution >= 4 is 27.6 Å². The van der Waals surface area contributed by atoms with Crippen LogP contribution in [0.4, 0.5) is 0 Å². The summed E-state index contributed by atoms with van der Waals surface area (Å²) in [6.07, 6.45) is 1.83. The molecule has 1 amide bonds. The number of pyridine rings is 1. The Labute approximate surface area is 164 Å². The maximum absolute atomic E-state index is 12.8. The molecule has 4 rings (SSSR count). The zero-order valence-electron chi connectivity index (χ0n) is 14.2. The molecule has 2 aromatic carbocycles. The van der Waals surface area contributed by atoms with Gasteiger partial charge in [0.25, 0.3) is 5.91 Å². The van der Waals surface area contributed by atoms with Crippen LogP contribution >= 0.6 is 15.9 Å². The van der Waals surface area contributed by atoms with Crippen molar-refractivity contribution in [1.82, 2.24) is 10.3 Å². The minimum absolute atomic E-state index is 0.0356. The summed E-state index contributed by atoms with van der Waals surface area (Å²) < 4.78 is 6.71. The van der Waals surface area contributed by atoms with E-state index in [0.717, 1.165) is 10.0 Å². The number of ketones is 1. The summed E-state index contributed by atoms with van der Waals surface area (Å²) >= 11 is 3.37. The molecular weight excluding hydrogens is 408 g/mol. The molecular formula is C21H15BrN2O3. The fraction of sp³-hybridized carbons (Fsp3) is 0.0952. The molecule has 1 atom stereocenters. The van der Waals surface area contributed by atoms with E-state index in [1.807, 2.05) is 30.3 Å². The van der Waals surface area contributed by atoms with Crippen molar-refractivity contribution in [2.75, 3.05) is 0 Å². The zero-order chi connectivity index (χ0) is 18.8. The van der Waals surface area contributed by atoms with Gasteiger partial charge in [-0.1, -0.05) is 40.2 Å². The highest BCUT2D eigenvalue weighted by atomic mass is 79.9. The van der Waals surface area contributed by atoms with E-state index in [9.17, 15) is 9.59 Å². The number of Topliss-reactive ketones (excluding diaryl/α,β-unsaturated/α-hetero) is 1. The highest BCUT2D eigenvalue weighted by Crippen LogP contribution is 2.32. The highest BCUT2D eigenvalue weighted by Gasteiger charge is 2.30. The number of nitrogens with one attached hydrogen (secondary N) is 1. The summed E-state index contributed by atoms with van der Waals surface area (Å²) in [5.41, 5.74) is 1.83. The number of fused-ring (bicyclic) bond motifs is 1. The second-order valence-corrected chi connectivity index (χ2v) is 7.07. The molecule has 0 radical (unpaired) electrons. The van der Waals surface area contributed by atoms with Gasteiger partial charge in [0.15, 0.2) is 5.78 Å². The van der Waals surface area contributed by atoms with Crippen molar-refractivity contribution < 1.29 is 14.3 Å². The van der Waals surface area contributed by atoms with Crippen LogP contribution in [0.5, 0.6) is 11.6 Å². The topological polar surface area (TPSA) is 68.3 Å². The Morgan fingerprint density at radius 2 is 1.85 bits per heavy atom. The van der Waals surface area contributed by atoms with Crippen LogP contribution in [0.2, 0.25) is 0 Å². The molecule has 1 aromatic heterocycles. The van der Waals surface area contributed by atoms with Gasteiger partial charge in [0.1, 0.15) is 11.3 Å². The number of aromatic nitrogens is 1. The van der Waals surface area contributed by atoms with E-state index in [-0.39, 0.29) is 30.0 Å². The average molecular weight is 423 g/mol. The van der Waals surface area contributed by atoms with Gasteiger partial charge in [0, 0.05) is 22.7 Å². The first-order chi connectivity index (χ1) is 13.1. The summed E-state index contributed by atoms with van der Waals surface area (Å²) in [6.45, 7) is 0. The van der Waals surface area contributed by atoms with Crippen molar-refractivity contribution in [3.05, 3.63) is 88.0 Å². The molecule has 0 spiro atoms. The molecule has 1 N–H and O–H groups in total. The number of halogens is 1. The van der Waals surface area contributed by atoms with Crippen LogP contribution in [-0.4, -0.2) is 16.7 Å². The first kappa shape index (κ1) is 17.4. The highest BCUT2D eigenvalue weighted by molar-refractivity contribution is 9.10. The number of nitrogens with zero attached hydrogens (tertiary/aromatic N) is 1. The Bertz CT molecular complexity index is 1020. The number of hydrogen-bond acceptors (Lipinski definition) is 4. The summed E-state index contributed by atoms with van der Waals surface area (Å²) in [6, 6.07) is 17.6. The number of benzene rings is 2. The number of amides is 1. The lowest BCUT2D eigenvalue weighted by Gasteiger charge is -2.15. The zero-order valence-corrected chi connectivity index (χ0v) is 15.8. The average Bonchev–Trinajstić information content (AvgIpc) is 3.00. The number of carbonyl (C=O) groups excluding carboxylic acids is 2. The molecule has 0 saturated heterocycles. The van der Waals surface area contributed by atoms with Crippen molar-refractivity contribution in [2.45, 2.75) is 12.5 Å². The van der Waals surface area contributed by atoms with Crippen LogP contribution in [0.15, 0.2) is 71.3 Å². The minimum atomic E-state index is -0.345. The molecule has 1 aliphatic carbocycles. The molecule has 0 aliphatic heterocycles. The van der Waals surface area contributed by atoms with E-state index < -0.39 is 0 Å². The summed E-state index contributed by atoms with van der Waals surface area (Å²) in [4.78, 5) is 29.2. The number of carbonyl (C=O) groups is 2. The van der Waals surface area contributed by atoms with Crippen LogP contribution in [-0.2, 0) is 0 Å². The normalized spacial score (nSPS) is 15.3. The predicted molar refractivity (Wildman–Crippen MR) is 104 cm³/mol. The summed E-state index contributed by atoms with van der Waals surface area (Å²) in [5, 5.41) is 2.93. The molecule has 0 saturated carbocycles. The van der Waals surface area contributed by atoms with Crippen molar-refractivity contribution in [3.8, 4) is 11.6 Å². The lowest BCUT2D eigenvalue weighted by atomic mass is 10.1. The van der Waals surface area contributed by atoms with Gasteiger partial charge < -0.3 is 10.1 Å². The van der Waals surface area contributed by atoms with E-state index in [1.54, 1.807) is 36.5 Å². The van der Waals surface area contributed by atoms with Crippen LogP contribution in [0.1, 0.15) is 38.7 Å². The quantitative estimate of drug-likeness (QED) is 0.661. The Morgan fingerprint density at radius 3 is 2.67 bits per heavy atom. The molecule has 0 unspecified atom stereocenters. The van der Waals surface area contributed by atoms with Gasteiger partial charge in [-0.25, -0.2) is 4.98 Å². The maximum Gasteiger partial charge on any atom is 0.257 e. The van der Waals surface area contributed by atoms with Gasteiger partial charge in [-0.05, 0) is 42.0 Å². The van der Waals surface area contributed by atoms with E-state index in [4.69, 9.17) is 4.74 Å². The van der Waals surface area contributed by atoms with Gasteiger partial charge in [0.2, 0.25) is 5.88 Å². The Kier molecular flexibility index (Phi) is 4.73. The van der Waals surface area contributed by atoms with Gasteiger partial charge in [-0.15, -0.1) is 0 Å². The third-order valence-corrected chi connectivity index (χ3v) is 4.90. The van der Waals surface area contributed by atoms with E-state index in [0.29, 0.717) is 16.9 Å². The number of hydrogen-bond donors (Lipinski definition) is 1. The number of ether oxygens (including phenoxy) is 1. The van der Waals surface area contributed by atoms with Gasteiger partial charge in [-0.2, -0.15) is 0 Å². The lowest BCUT2D eigenvalue weighted by Crippen LogP contribution is -2.27. The first-order valence-corrected chi connectivity index (χ1v) is 9.22. The van der Waals surface area contributed by atoms with Gasteiger partial charge >= 0.3 is 0 Å². The van der Waals surface area contributed by atoms with Crippen molar-refractivity contribution in [3.63, 3.8) is 0 Å². The van der Waals surface area contributed by atoms with Gasteiger partial charge in [-0.3, -0.25) is 9.59 Å². The Morgan fingerprint density at radius 1 is 1.07 bits per heavy atom. The molecule has 0 fully saturated rings. The molecule has 0 bridgehead atoms. The first-order valence-electron chi connectivity index (χ1n) is 8.43. The Balaban J connectivity index is 1.56. The minimum Gasteiger partial charge on any atom is -0.438 e. The van der Waals surface area contributed by atoms with Crippen LogP contribution < -0.4 is 10.1 Å². The molecule has 1 heterocycles. The fourth-order valence-corrected chi connectivity index (χ4v) is 3.35. The Hall–Kier alpha value is -2.99. The van der Waals surface area contributed by atoms with Crippen molar-refractivity contribution in [2.24, 2.45) is 0 Å². The maximum atomic E-state index is 12.8. The third kappa shape index (κ3) is 3.61. The summed E-state index contributed by atoms with van der Waals surface area (Å²) in [7, 11) is 0. The second-order valence-electron chi connectivity index (χ2n) is 6.15. The van der Waals surface area contributed by atoms with E-state index in [1.165, 1.54) is 0 Å². The van der Waals surface area contributed by atoms with Crippen LogP contribution in [0.3, 0.4) is 0 Å². The lowest BCUT2D eigenvalue weighted by molar-refractivity contribution is 0.0923. The molecule has 1 aliphatic rings. The van der Waals surface area contributed by atoms with Gasteiger partial charge in [0.05, 0.1) is 6.04 Å². The summed E-state index contributed by atoms with van der Waals surface area (Å²) in [5.74, 6) is 0.500. The standard InChI is InChI=1S/C21H15BrN2O3/c22-13-7-9-14(10-8-13)27-21-17(6-3-11-23-21)20(26)24-18-12-19(25)16-5-2-1-4-15(16)18/h1-11,18H,12H2,(H,24,26)/t18-/m0/s1. The van der Waals surface area contributed by atoms with Crippen LogP contribution in [0, 0.1) is 0 Å². The van der Waals surface area contributed by atoms with Crippen LogP contribution in [0.25, 0.3) is 0 Å².